The highest BCUT2D eigenvalue weighted by atomic mass is 16.2. The molecule has 17 heavy (non-hydrogen) atoms. The van der Waals surface area contributed by atoms with Crippen molar-refractivity contribution in [2.75, 3.05) is 0 Å². The van der Waals surface area contributed by atoms with Crippen molar-refractivity contribution in [3.8, 4) is 12.3 Å². The number of nitrogens with zero attached hydrogens (tertiary/aromatic N) is 2. The number of carbonyl (C=O) groups is 1. The third kappa shape index (κ3) is 3.61. The number of aromatic nitrogens is 2. The molecular formula is C12H18N4O. The molecule has 0 aliphatic heterocycles. The second kappa shape index (κ2) is 6.06. The molecule has 5 nitrogen and oxygen atoms in total. The van der Waals surface area contributed by atoms with Crippen LogP contribution in [-0.2, 0) is 24.8 Å². The van der Waals surface area contributed by atoms with Crippen molar-refractivity contribution in [1.82, 2.24) is 15.1 Å². The minimum absolute atomic E-state index is 0.228. The van der Waals surface area contributed by atoms with E-state index in [0.29, 0.717) is 6.54 Å². The lowest BCUT2D eigenvalue weighted by molar-refractivity contribution is -0.122. The van der Waals surface area contributed by atoms with Gasteiger partial charge in [0, 0.05) is 31.8 Å². The molecule has 92 valence electrons. The van der Waals surface area contributed by atoms with Gasteiger partial charge in [-0.25, -0.2) is 0 Å². The first kappa shape index (κ1) is 13.3. The standard InChI is InChI=1S/C12H18N4O/c1-4-6-10(13)12(17)14-7-9-8-16(3)15-11(9)5-2/h1,8,10H,5-7,13H2,2-3H3,(H,14,17). The van der Waals surface area contributed by atoms with Crippen LogP contribution in [0.3, 0.4) is 0 Å². The molecule has 0 saturated heterocycles. The van der Waals surface area contributed by atoms with Crippen molar-refractivity contribution in [2.45, 2.75) is 32.4 Å². The smallest absolute Gasteiger partial charge is 0.238 e. The fourth-order valence-electron chi connectivity index (χ4n) is 1.56. The van der Waals surface area contributed by atoms with Gasteiger partial charge in [0.2, 0.25) is 5.91 Å². The van der Waals surface area contributed by atoms with E-state index in [9.17, 15) is 4.79 Å². The molecule has 0 radical (unpaired) electrons. The molecule has 0 spiro atoms. The predicted molar refractivity (Wildman–Crippen MR) is 65.9 cm³/mol. The summed E-state index contributed by atoms with van der Waals surface area (Å²) in [5.74, 6) is 2.14. The van der Waals surface area contributed by atoms with Crippen LogP contribution >= 0.6 is 0 Å². The fourth-order valence-corrected chi connectivity index (χ4v) is 1.56. The SMILES string of the molecule is C#CCC(N)C(=O)NCc1cn(C)nc1CC. The molecule has 1 unspecified atom stereocenters. The summed E-state index contributed by atoms with van der Waals surface area (Å²) in [5.41, 5.74) is 7.59. The molecule has 0 bridgehead atoms. The molecule has 0 aliphatic rings. The maximum absolute atomic E-state index is 11.6. The highest BCUT2D eigenvalue weighted by Crippen LogP contribution is 2.06. The molecule has 0 aliphatic carbocycles. The summed E-state index contributed by atoms with van der Waals surface area (Å²) in [4.78, 5) is 11.6. The Kier molecular flexibility index (Phi) is 4.73. The minimum Gasteiger partial charge on any atom is -0.351 e. The number of rotatable bonds is 5. The van der Waals surface area contributed by atoms with Gasteiger partial charge in [0.25, 0.3) is 0 Å². The lowest BCUT2D eigenvalue weighted by Crippen LogP contribution is -2.39. The molecule has 1 aromatic heterocycles. The van der Waals surface area contributed by atoms with Gasteiger partial charge in [-0.1, -0.05) is 6.92 Å². The Morgan fingerprint density at radius 2 is 2.47 bits per heavy atom. The zero-order valence-corrected chi connectivity index (χ0v) is 10.2. The normalized spacial score (nSPS) is 11.9. The summed E-state index contributed by atoms with van der Waals surface area (Å²) in [6, 6.07) is -0.637. The number of amides is 1. The Hall–Kier alpha value is -1.80. The fraction of sp³-hybridized carbons (Fsp3) is 0.500. The molecule has 1 aromatic rings. The quantitative estimate of drug-likeness (QED) is 0.702. The Labute approximate surface area is 101 Å². The molecule has 0 saturated carbocycles. The first-order valence-electron chi connectivity index (χ1n) is 5.56. The van der Waals surface area contributed by atoms with Crippen LogP contribution in [0.4, 0.5) is 0 Å². The molecule has 0 aromatic carbocycles. The van der Waals surface area contributed by atoms with Crippen LogP contribution in [-0.4, -0.2) is 21.7 Å². The number of hydrogen-bond acceptors (Lipinski definition) is 3. The van der Waals surface area contributed by atoms with Crippen molar-refractivity contribution in [3.05, 3.63) is 17.5 Å². The van der Waals surface area contributed by atoms with E-state index in [1.807, 2.05) is 20.2 Å². The Balaban J connectivity index is 2.55. The molecule has 0 fully saturated rings. The van der Waals surface area contributed by atoms with E-state index in [4.69, 9.17) is 12.2 Å². The van der Waals surface area contributed by atoms with Gasteiger partial charge in [-0.05, 0) is 6.42 Å². The minimum atomic E-state index is -0.637. The van der Waals surface area contributed by atoms with Crippen LogP contribution < -0.4 is 11.1 Å². The van der Waals surface area contributed by atoms with Gasteiger partial charge in [0.15, 0.2) is 0 Å². The average Bonchev–Trinajstić information content (AvgIpc) is 2.66. The van der Waals surface area contributed by atoms with Gasteiger partial charge in [-0.2, -0.15) is 5.10 Å². The highest BCUT2D eigenvalue weighted by molar-refractivity contribution is 5.81. The molecule has 5 heteroatoms. The van der Waals surface area contributed by atoms with Gasteiger partial charge in [-0.15, -0.1) is 12.3 Å². The van der Waals surface area contributed by atoms with E-state index >= 15 is 0 Å². The van der Waals surface area contributed by atoms with E-state index < -0.39 is 6.04 Å². The Morgan fingerprint density at radius 1 is 1.76 bits per heavy atom. The van der Waals surface area contributed by atoms with Crippen LogP contribution in [0.25, 0.3) is 0 Å². The first-order valence-corrected chi connectivity index (χ1v) is 5.56. The summed E-state index contributed by atoms with van der Waals surface area (Å²) in [6.07, 6.45) is 8.08. The molecule has 1 heterocycles. The predicted octanol–water partition coefficient (Wildman–Crippen LogP) is -0.0507. The largest absolute Gasteiger partial charge is 0.351 e. The van der Waals surface area contributed by atoms with Gasteiger partial charge in [-0.3, -0.25) is 9.48 Å². The lowest BCUT2D eigenvalue weighted by atomic mass is 10.2. The van der Waals surface area contributed by atoms with E-state index in [1.54, 1.807) is 4.68 Å². The zero-order valence-electron chi connectivity index (χ0n) is 10.2. The van der Waals surface area contributed by atoms with Crippen LogP contribution in [0.15, 0.2) is 6.20 Å². The molecule has 3 N–H and O–H groups in total. The summed E-state index contributed by atoms with van der Waals surface area (Å²) in [5, 5.41) is 7.05. The van der Waals surface area contributed by atoms with E-state index in [0.717, 1.165) is 17.7 Å². The van der Waals surface area contributed by atoms with E-state index in [1.165, 1.54) is 0 Å². The van der Waals surface area contributed by atoms with Crippen LogP contribution in [0, 0.1) is 12.3 Å². The molecule has 1 rings (SSSR count). The summed E-state index contributed by atoms with van der Waals surface area (Å²) in [7, 11) is 1.86. The Morgan fingerprint density at radius 3 is 3.06 bits per heavy atom. The molecular weight excluding hydrogens is 216 g/mol. The number of nitrogens with one attached hydrogen (secondary N) is 1. The third-order valence-electron chi connectivity index (χ3n) is 2.45. The summed E-state index contributed by atoms with van der Waals surface area (Å²) < 4.78 is 1.74. The first-order chi connectivity index (χ1) is 8.08. The van der Waals surface area contributed by atoms with Crippen LogP contribution in [0.1, 0.15) is 24.6 Å². The van der Waals surface area contributed by atoms with Crippen LogP contribution in [0.2, 0.25) is 0 Å². The number of nitrogens with two attached hydrogens (primary N) is 1. The zero-order chi connectivity index (χ0) is 12.8. The maximum atomic E-state index is 11.6. The lowest BCUT2D eigenvalue weighted by Gasteiger charge is -2.09. The summed E-state index contributed by atoms with van der Waals surface area (Å²) in [6.45, 7) is 2.46. The van der Waals surface area contributed by atoms with Crippen molar-refractivity contribution in [2.24, 2.45) is 12.8 Å². The third-order valence-corrected chi connectivity index (χ3v) is 2.45. The topological polar surface area (TPSA) is 72.9 Å². The number of hydrogen-bond donors (Lipinski definition) is 2. The summed E-state index contributed by atoms with van der Waals surface area (Å²) >= 11 is 0. The van der Waals surface area contributed by atoms with Gasteiger partial charge in [0.05, 0.1) is 11.7 Å². The molecule has 1 amide bonds. The Bertz CT molecular complexity index is 430. The number of carbonyl (C=O) groups excluding carboxylic acids is 1. The van der Waals surface area contributed by atoms with Crippen LogP contribution in [0.5, 0.6) is 0 Å². The van der Waals surface area contributed by atoms with Crippen molar-refractivity contribution >= 4 is 5.91 Å². The second-order valence-corrected chi connectivity index (χ2v) is 3.86. The maximum Gasteiger partial charge on any atom is 0.238 e. The van der Waals surface area contributed by atoms with Crippen molar-refractivity contribution < 1.29 is 4.79 Å². The monoisotopic (exact) mass is 234 g/mol. The van der Waals surface area contributed by atoms with Crippen molar-refractivity contribution in [3.63, 3.8) is 0 Å². The second-order valence-electron chi connectivity index (χ2n) is 3.86. The van der Waals surface area contributed by atoms with Gasteiger partial charge < -0.3 is 11.1 Å². The van der Waals surface area contributed by atoms with Crippen molar-refractivity contribution in [1.29, 1.82) is 0 Å². The molecule has 1 atom stereocenters. The average molecular weight is 234 g/mol. The van der Waals surface area contributed by atoms with Gasteiger partial charge in [0.1, 0.15) is 0 Å². The van der Waals surface area contributed by atoms with E-state index in [-0.39, 0.29) is 12.3 Å². The van der Waals surface area contributed by atoms with Gasteiger partial charge >= 0.3 is 0 Å². The number of terminal acetylenes is 1. The number of aryl methyl sites for hydroxylation is 2. The highest BCUT2D eigenvalue weighted by Gasteiger charge is 2.13. The van der Waals surface area contributed by atoms with E-state index in [2.05, 4.69) is 16.3 Å².